The van der Waals surface area contributed by atoms with Crippen molar-refractivity contribution in [1.29, 1.82) is 0 Å². The van der Waals surface area contributed by atoms with Gasteiger partial charge in [0, 0.05) is 29.8 Å². The summed E-state index contributed by atoms with van der Waals surface area (Å²) in [6.07, 6.45) is 0.371. The van der Waals surface area contributed by atoms with E-state index in [0.717, 1.165) is 6.42 Å². The molecule has 7 heteroatoms. The molecule has 0 aromatic heterocycles. The molecule has 0 aliphatic carbocycles. The number of nitrogens with one attached hydrogen (secondary N) is 2. The molecule has 164 valence electrons. The van der Waals surface area contributed by atoms with Crippen LogP contribution >= 0.6 is 0 Å². The van der Waals surface area contributed by atoms with Crippen molar-refractivity contribution in [2.24, 2.45) is 0 Å². The topological polar surface area (TPSA) is 87.7 Å². The van der Waals surface area contributed by atoms with Crippen molar-refractivity contribution in [2.75, 3.05) is 16.8 Å². The lowest BCUT2D eigenvalue weighted by atomic mass is 10.0. The van der Waals surface area contributed by atoms with Crippen LogP contribution in [0.5, 0.6) is 5.75 Å². The molecule has 1 unspecified atom stereocenters. The van der Waals surface area contributed by atoms with Crippen LogP contribution in [0, 0.1) is 0 Å². The molecule has 7 nitrogen and oxygen atoms in total. The molecule has 0 saturated carbocycles. The Bertz CT molecular complexity index is 969. The third-order valence-electron chi connectivity index (χ3n) is 5.40. The molecule has 31 heavy (non-hydrogen) atoms. The maximum atomic E-state index is 12.5. The molecule has 0 spiro atoms. The monoisotopic (exact) mass is 423 g/mol. The second kappa shape index (κ2) is 9.20. The van der Waals surface area contributed by atoms with Gasteiger partial charge >= 0.3 is 0 Å². The number of hydrogen-bond donors (Lipinski definition) is 2. The Morgan fingerprint density at radius 3 is 2.45 bits per heavy atom. The summed E-state index contributed by atoms with van der Waals surface area (Å²) in [5.41, 5.74) is 1.52. The molecular weight excluding hydrogens is 394 g/mol. The van der Waals surface area contributed by atoms with Gasteiger partial charge in [0.1, 0.15) is 5.75 Å². The summed E-state index contributed by atoms with van der Waals surface area (Å²) in [5, 5.41) is 5.80. The Hall–Kier alpha value is -3.35. The molecule has 2 N–H and O–H groups in total. The maximum Gasteiger partial charge on any atom is 0.267 e. The number of nitrogens with zero attached hydrogens (tertiary/aromatic N) is 1. The van der Waals surface area contributed by atoms with Crippen molar-refractivity contribution in [2.45, 2.75) is 52.2 Å². The van der Waals surface area contributed by atoms with Crippen molar-refractivity contribution in [1.82, 2.24) is 5.32 Å². The zero-order chi connectivity index (χ0) is 22.6. The van der Waals surface area contributed by atoms with Gasteiger partial charge in [0.2, 0.25) is 5.91 Å². The first-order valence-electron chi connectivity index (χ1n) is 10.5. The van der Waals surface area contributed by atoms with Crippen LogP contribution in [0.2, 0.25) is 0 Å². The molecule has 2 aromatic rings. The normalized spacial score (nSPS) is 15.7. The number of benzene rings is 2. The number of carbonyl (C=O) groups excluding carboxylic acids is 3. The van der Waals surface area contributed by atoms with Crippen molar-refractivity contribution >= 4 is 29.1 Å². The van der Waals surface area contributed by atoms with E-state index in [9.17, 15) is 14.4 Å². The van der Waals surface area contributed by atoms with E-state index in [-0.39, 0.29) is 36.2 Å². The largest absolute Gasteiger partial charge is 0.479 e. The van der Waals surface area contributed by atoms with Crippen molar-refractivity contribution in [3.63, 3.8) is 0 Å². The van der Waals surface area contributed by atoms with Crippen LogP contribution in [0.4, 0.5) is 11.4 Å². The summed E-state index contributed by atoms with van der Waals surface area (Å²) in [6.45, 7) is 7.91. The van der Waals surface area contributed by atoms with E-state index < -0.39 is 6.10 Å². The van der Waals surface area contributed by atoms with Crippen LogP contribution in [0.1, 0.15) is 50.9 Å². The van der Waals surface area contributed by atoms with Crippen molar-refractivity contribution in [3.05, 3.63) is 54.1 Å². The molecule has 0 saturated heterocycles. The molecule has 1 aliphatic rings. The third kappa shape index (κ3) is 5.42. The highest BCUT2D eigenvalue weighted by atomic mass is 16.5. The average Bonchev–Trinajstić information content (AvgIpc) is 2.74. The Morgan fingerprint density at radius 2 is 1.77 bits per heavy atom. The van der Waals surface area contributed by atoms with Gasteiger partial charge in [0.15, 0.2) is 6.10 Å². The van der Waals surface area contributed by atoms with E-state index in [1.807, 2.05) is 39.0 Å². The van der Waals surface area contributed by atoms with Gasteiger partial charge in [-0.2, -0.15) is 0 Å². The summed E-state index contributed by atoms with van der Waals surface area (Å²) < 4.78 is 5.62. The van der Waals surface area contributed by atoms with Gasteiger partial charge in [-0.25, -0.2) is 0 Å². The third-order valence-corrected chi connectivity index (χ3v) is 5.40. The number of amides is 3. The Balaban J connectivity index is 1.58. The Morgan fingerprint density at radius 1 is 1.10 bits per heavy atom. The molecule has 0 fully saturated rings. The van der Waals surface area contributed by atoms with Crippen LogP contribution < -0.4 is 20.3 Å². The molecule has 0 radical (unpaired) electrons. The SMILES string of the molecule is CCC(C)(C)NC(=O)c1ccc(NC(=O)CCN2C(=O)C(C)Oc3ccccc32)cc1. The van der Waals surface area contributed by atoms with Gasteiger partial charge in [0.25, 0.3) is 11.8 Å². The molecular formula is C24H29N3O4. The van der Waals surface area contributed by atoms with E-state index in [1.54, 1.807) is 42.2 Å². The number of hydrogen-bond acceptors (Lipinski definition) is 4. The number of para-hydroxylation sites is 2. The standard InChI is InChI=1S/C24H29N3O4/c1-5-24(3,4)26-22(29)17-10-12-18(13-11-17)25-21(28)14-15-27-19-8-6-7-9-20(19)31-16(2)23(27)30/h6-13,16H,5,14-15H2,1-4H3,(H,25,28)(H,26,29). The van der Waals surface area contributed by atoms with E-state index >= 15 is 0 Å². The van der Waals surface area contributed by atoms with E-state index in [4.69, 9.17) is 4.74 Å². The van der Waals surface area contributed by atoms with E-state index in [1.165, 1.54) is 0 Å². The number of carbonyl (C=O) groups is 3. The molecule has 1 atom stereocenters. The second-order valence-corrected chi connectivity index (χ2v) is 8.28. The van der Waals surface area contributed by atoms with Gasteiger partial charge in [-0.05, 0) is 63.6 Å². The van der Waals surface area contributed by atoms with Gasteiger partial charge in [0.05, 0.1) is 5.69 Å². The highest BCUT2D eigenvalue weighted by Crippen LogP contribution is 2.33. The number of rotatable bonds is 7. The van der Waals surface area contributed by atoms with Crippen LogP contribution in [0.3, 0.4) is 0 Å². The zero-order valence-electron chi connectivity index (χ0n) is 18.4. The minimum Gasteiger partial charge on any atom is -0.479 e. The Kier molecular flexibility index (Phi) is 6.63. The summed E-state index contributed by atoms with van der Waals surface area (Å²) in [6, 6.07) is 14.1. The molecule has 3 amide bonds. The average molecular weight is 424 g/mol. The molecule has 2 aromatic carbocycles. The van der Waals surface area contributed by atoms with Gasteiger partial charge in [-0.15, -0.1) is 0 Å². The summed E-state index contributed by atoms with van der Waals surface area (Å²) >= 11 is 0. The second-order valence-electron chi connectivity index (χ2n) is 8.28. The predicted molar refractivity (Wildman–Crippen MR) is 120 cm³/mol. The van der Waals surface area contributed by atoms with Crippen molar-refractivity contribution in [3.8, 4) is 5.75 Å². The fourth-order valence-electron chi connectivity index (χ4n) is 3.20. The smallest absolute Gasteiger partial charge is 0.267 e. The Labute approximate surface area is 182 Å². The molecule has 1 heterocycles. The van der Waals surface area contributed by atoms with Crippen LogP contribution in [0.25, 0.3) is 0 Å². The fraction of sp³-hybridized carbons (Fsp3) is 0.375. The number of ether oxygens (including phenoxy) is 1. The molecule has 0 bridgehead atoms. The first-order valence-corrected chi connectivity index (χ1v) is 10.5. The number of fused-ring (bicyclic) bond motifs is 1. The van der Waals surface area contributed by atoms with Gasteiger partial charge < -0.3 is 20.3 Å². The fourth-order valence-corrected chi connectivity index (χ4v) is 3.20. The van der Waals surface area contributed by atoms with E-state index in [2.05, 4.69) is 10.6 Å². The lowest BCUT2D eigenvalue weighted by Crippen LogP contribution is -2.45. The van der Waals surface area contributed by atoms with Crippen LogP contribution in [0.15, 0.2) is 48.5 Å². The van der Waals surface area contributed by atoms with Gasteiger partial charge in [-0.3, -0.25) is 14.4 Å². The molecule has 3 rings (SSSR count). The maximum absolute atomic E-state index is 12.5. The minimum absolute atomic E-state index is 0.139. The predicted octanol–water partition coefficient (Wildman–Crippen LogP) is 3.75. The van der Waals surface area contributed by atoms with Gasteiger partial charge in [-0.1, -0.05) is 19.1 Å². The number of anilines is 2. The zero-order valence-corrected chi connectivity index (χ0v) is 18.4. The van der Waals surface area contributed by atoms with Crippen molar-refractivity contribution < 1.29 is 19.1 Å². The highest BCUT2D eigenvalue weighted by molar-refractivity contribution is 6.01. The highest BCUT2D eigenvalue weighted by Gasteiger charge is 2.31. The lowest BCUT2D eigenvalue weighted by Gasteiger charge is -2.32. The quantitative estimate of drug-likeness (QED) is 0.710. The van der Waals surface area contributed by atoms with Crippen LogP contribution in [-0.4, -0.2) is 35.9 Å². The lowest BCUT2D eigenvalue weighted by molar-refractivity contribution is -0.125. The first kappa shape index (κ1) is 22.3. The summed E-state index contributed by atoms with van der Waals surface area (Å²) in [4.78, 5) is 38.9. The first-order chi connectivity index (χ1) is 14.7. The van der Waals surface area contributed by atoms with Crippen LogP contribution in [-0.2, 0) is 9.59 Å². The summed E-state index contributed by atoms with van der Waals surface area (Å²) in [5.74, 6) is 0.101. The molecule has 1 aliphatic heterocycles. The minimum atomic E-state index is -0.589. The summed E-state index contributed by atoms with van der Waals surface area (Å²) in [7, 11) is 0. The van der Waals surface area contributed by atoms with E-state index in [0.29, 0.717) is 22.7 Å².